The highest BCUT2D eigenvalue weighted by Crippen LogP contribution is 2.32. The smallest absolute Gasteiger partial charge is 0.192 e. The van der Waals surface area contributed by atoms with Crippen LogP contribution in [0.15, 0.2) is 113 Å². The molecule has 1 N–H and O–H groups in total. The quantitative estimate of drug-likeness (QED) is 0.190. The van der Waals surface area contributed by atoms with Crippen LogP contribution in [-0.2, 0) is 20.1 Å². The van der Waals surface area contributed by atoms with Crippen LogP contribution >= 0.6 is 24.4 Å². The minimum absolute atomic E-state index is 0.118. The van der Waals surface area contributed by atoms with Crippen molar-refractivity contribution in [3.8, 4) is 22.3 Å². The molecule has 0 radical (unpaired) electrons. The third-order valence-electron chi connectivity index (χ3n) is 5.89. The van der Waals surface area contributed by atoms with Gasteiger partial charge in [-0.25, -0.2) is 0 Å². The number of hydrogen-bond donors (Lipinski definition) is 2. The zero-order valence-corrected chi connectivity index (χ0v) is 24.4. The van der Waals surface area contributed by atoms with Crippen LogP contribution in [-0.4, -0.2) is 30.0 Å². The highest BCUT2D eigenvalue weighted by Gasteiger charge is 2.32. The first kappa shape index (κ1) is 30.7. The SMILES string of the molecule is CC(=O)Sc1ccc(-c2ccccc2)cc1.CC1(c2ccc(-c3ccc(S)cc3)cc2)OCCO1.CCCO. The summed E-state index contributed by atoms with van der Waals surface area (Å²) in [5.74, 6) is -0.590. The van der Waals surface area contributed by atoms with Gasteiger partial charge in [-0.3, -0.25) is 4.79 Å². The zero-order valence-electron chi connectivity index (χ0n) is 22.7. The lowest BCUT2D eigenvalue weighted by Gasteiger charge is -2.22. The highest BCUT2D eigenvalue weighted by atomic mass is 32.2. The Morgan fingerprint density at radius 1 is 0.795 bits per heavy atom. The predicted octanol–water partition coefficient (Wildman–Crippen LogP) is 8.24. The average Bonchev–Trinajstić information content (AvgIpc) is 3.42. The summed E-state index contributed by atoms with van der Waals surface area (Å²) in [4.78, 5) is 12.9. The molecule has 1 aliphatic heterocycles. The molecule has 0 aliphatic carbocycles. The molecule has 0 amide bonds. The second kappa shape index (κ2) is 15.7. The molecular weight excluding hydrogens is 524 g/mol. The monoisotopic (exact) mass is 560 g/mol. The van der Waals surface area contributed by atoms with E-state index in [1.54, 1.807) is 6.92 Å². The molecule has 39 heavy (non-hydrogen) atoms. The zero-order chi connectivity index (χ0) is 28.1. The lowest BCUT2D eigenvalue weighted by molar-refractivity contribution is -0.149. The second-order valence-electron chi connectivity index (χ2n) is 8.97. The molecule has 1 saturated heterocycles. The van der Waals surface area contributed by atoms with Crippen LogP contribution in [0.1, 0.15) is 32.8 Å². The molecule has 0 saturated carbocycles. The predicted molar refractivity (Wildman–Crippen MR) is 164 cm³/mol. The van der Waals surface area contributed by atoms with Crippen molar-refractivity contribution in [2.75, 3.05) is 19.8 Å². The summed E-state index contributed by atoms with van der Waals surface area (Å²) in [5.41, 5.74) is 5.79. The number of aliphatic hydroxyl groups is 1. The van der Waals surface area contributed by atoms with E-state index in [0.29, 0.717) is 19.8 Å². The van der Waals surface area contributed by atoms with Crippen LogP contribution in [0.4, 0.5) is 0 Å². The fourth-order valence-corrected chi connectivity index (χ4v) is 4.57. The van der Waals surface area contributed by atoms with Gasteiger partial charge in [-0.15, -0.1) is 12.6 Å². The van der Waals surface area contributed by atoms with Crippen molar-refractivity contribution in [2.45, 2.75) is 42.8 Å². The van der Waals surface area contributed by atoms with Crippen molar-refractivity contribution in [1.29, 1.82) is 0 Å². The first-order valence-electron chi connectivity index (χ1n) is 13.0. The molecular formula is C33H36O4S2. The Morgan fingerprint density at radius 3 is 1.69 bits per heavy atom. The molecule has 0 unspecified atom stereocenters. The Kier molecular flexibility index (Phi) is 12.3. The van der Waals surface area contributed by atoms with Gasteiger partial charge in [0, 0.05) is 28.9 Å². The van der Waals surface area contributed by atoms with E-state index >= 15 is 0 Å². The Bertz CT molecular complexity index is 1260. The van der Waals surface area contributed by atoms with E-state index in [2.05, 4.69) is 61.2 Å². The normalized spacial score (nSPS) is 13.5. The lowest BCUT2D eigenvalue weighted by Crippen LogP contribution is -2.22. The number of aliphatic hydroxyl groups excluding tert-OH is 1. The van der Waals surface area contributed by atoms with Gasteiger partial charge in [0.25, 0.3) is 0 Å². The van der Waals surface area contributed by atoms with Crippen LogP contribution < -0.4 is 0 Å². The summed E-state index contributed by atoms with van der Waals surface area (Å²) in [7, 11) is 0. The van der Waals surface area contributed by atoms with Gasteiger partial charge in [0.05, 0.1) is 13.2 Å². The molecule has 0 atom stereocenters. The van der Waals surface area contributed by atoms with Crippen LogP contribution in [0.5, 0.6) is 0 Å². The van der Waals surface area contributed by atoms with Crippen LogP contribution in [0.3, 0.4) is 0 Å². The number of ether oxygens (including phenoxy) is 2. The number of thioether (sulfide) groups is 1. The highest BCUT2D eigenvalue weighted by molar-refractivity contribution is 8.13. The van der Waals surface area contributed by atoms with Crippen molar-refractivity contribution >= 4 is 29.5 Å². The van der Waals surface area contributed by atoms with Gasteiger partial charge in [-0.1, -0.05) is 97.5 Å². The summed E-state index contributed by atoms with van der Waals surface area (Å²) in [6.07, 6.45) is 0.875. The molecule has 1 heterocycles. The molecule has 5 rings (SSSR count). The number of carbonyl (C=O) groups excluding carboxylic acids is 1. The maximum Gasteiger partial charge on any atom is 0.192 e. The number of rotatable bonds is 5. The molecule has 4 nitrogen and oxygen atoms in total. The molecule has 0 spiro atoms. The molecule has 1 fully saturated rings. The van der Waals surface area contributed by atoms with E-state index < -0.39 is 5.79 Å². The minimum atomic E-state index is -0.590. The molecule has 6 heteroatoms. The summed E-state index contributed by atoms with van der Waals surface area (Å²) in [5, 5.41) is 7.99. The molecule has 4 aromatic rings. The van der Waals surface area contributed by atoms with Gasteiger partial charge in [-0.2, -0.15) is 0 Å². The van der Waals surface area contributed by atoms with E-state index in [9.17, 15) is 4.79 Å². The number of thiol groups is 1. The van der Waals surface area contributed by atoms with Crippen molar-refractivity contribution in [3.63, 3.8) is 0 Å². The summed E-state index contributed by atoms with van der Waals surface area (Å²) in [6.45, 7) is 7.10. The van der Waals surface area contributed by atoms with E-state index in [1.807, 2.05) is 68.4 Å². The van der Waals surface area contributed by atoms with E-state index in [0.717, 1.165) is 21.8 Å². The van der Waals surface area contributed by atoms with Crippen LogP contribution in [0, 0.1) is 0 Å². The van der Waals surface area contributed by atoms with Crippen molar-refractivity contribution in [1.82, 2.24) is 0 Å². The lowest BCUT2D eigenvalue weighted by atomic mass is 10.0. The minimum Gasteiger partial charge on any atom is -0.396 e. The molecule has 0 aromatic heterocycles. The van der Waals surface area contributed by atoms with Gasteiger partial charge >= 0.3 is 0 Å². The third-order valence-corrected chi connectivity index (χ3v) is 6.99. The third kappa shape index (κ3) is 9.67. The first-order chi connectivity index (χ1) is 18.8. The standard InChI is InChI=1S/C16H16O2S.C14H12OS.C3H8O/c1-16(17-10-11-18-16)14-6-2-12(3-7-14)13-4-8-15(19)9-5-13;1-11(15)16-14-9-7-13(8-10-14)12-5-3-2-4-6-12;1-2-3-4/h2-9,19H,10-11H2,1H3;2-10H,1H3;4H,2-3H2,1H3. The Morgan fingerprint density at radius 2 is 1.23 bits per heavy atom. The maximum atomic E-state index is 10.9. The second-order valence-corrected chi connectivity index (χ2v) is 10.7. The summed E-state index contributed by atoms with van der Waals surface area (Å²) < 4.78 is 11.3. The van der Waals surface area contributed by atoms with Crippen LogP contribution in [0.25, 0.3) is 22.3 Å². The average molecular weight is 561 g/mol. The topological polar surface area (TPSA) is 55.8 Å². The van der Waals surface area contributed by atoms with E-state index in [1.165, 1.54) is 34.0 Å². The van der Waals surface area contributed by atoms with Crippen molar-refractivity contribution < 1.29 is 19.4 Å². The first-order valence-corrected chi connectivity index (χ1v) is 14.2. The fraction of sp³-hybridized carbons (Fsp3) is 0.242. The van der Waals surface area contributed by atoms with Gasteiger partial charge in [0.1, 0.15) is 0 Å². The Hall–Kier alpha value is -2.87. The van der Waals surface area contributed by atoms with Crippen molar-refractivity contribution in [2.24, 2.45) is 0 Å². The maximum absolute atomic E-state index is 10.9. The van der Waals surface area contributed by atoms with Crippen LogP contribution in [0.2, 0.25) is 0 Å². The number of benzene rings is 4. The fourth-order valence-electron chi connectivity index (χ4n) is 3.81. The Labute approximate surface area is 241 Å². The van der Waals surface area contributed by atoms with E-state index in [4.69, 9.17) is 14.6 Å². The van der Waals surface area contributed by atoms with Gasteiger partial charge in [0.15, 0.2) is 10.9 Å². The summed E-state index contributed by atoms with van der Waals surface area (Å²) >= 11 is 5.56. The van der Waals surface area contributed by atoms with Gasteiger partial charge < -0.3 is 14.6 Å². The van der Waals surface area contributed by atoms with Gasteiger partial charge in [-0.05, 0) is 59.9 Å². The van der Waals surface area contributed by atoms with Gasteiger partial charge in [0.2, 0.25) is 0 Å². The molecule has 1 aliphatic rings. The van der Waals surface area contributed by atoms with E-state index in [-0.39, 0.29) is 5.12 Å². The molecule has 204 valence electrons. The molecule has 0 bridgehead atoms. The number of hydrogen-bond acceptors (Lipinski definition) is 6. The summed E-state index contributed by atoms with van der Waals surface area (Å²) in [6, 6.07) is 34.7. The molecule has 4 aromatic carbocycles. The largest absolute Gasteiger partial charge is 0.396 e. The van der Waals surface area contributed by atoms with Crippen molar-refractivity contribution in [3.05, 3.63) is 109 Å². The number of carbonyl (C=O) groups is 1. The Balaban J connectivity index is 0.000000192.